The number of nitrogens with one attached hydrogen (secondary N) is 1. The summed E-state index contributed by atoms with van der Waals surface area (Å²) in [6.07, 6.45) is 0. The van der Waals surface area contributed by atoms with Gasteiger partial charge in [0.15, 0.2) is 17.3 Å². The lowest BCUT2D eigenvalue weighted by Crippen LogP contribution is -2.22. The van der Waals surface area contributed by atoms with Crippen molar-refractivity contribution in [3.63, 3.8) is 0 Å². The van der Waals surface area contributed by atoms with E-state index in [4.69, 9.17) is 23.4 Å². The Balaban J connectivity index is 1.33. The molecule has 3 aromatic rings. The first-order chi connectivity index (χ1) is 13.7. The minimum atomic E-state index is -0.305. The molecule has 1 aliphatic heterocycles. The molecular formula is C21H19NO6. The molecule has 1 N–H and O–H groups in total. The topological polar surface area (TPSA) is 79.2 Å². The fourth-order valence-electron chi connectivity index (χ4n) is 2.81. The van der Waals surface area contributed by atoms with E-state index in [0.717, 1.165) is 11.3 Å². The average Bonchev–Trinajstić information content (AvgIpc) is 3.39. The summed E-state index contributed by atoms with van der Waals surface area (Å²) in [5.74, 6) is 3.15. The van der Waals surface area contributed by atoms with Crippen LogP contribution >= 0.6 is 0 Å². The first-order valence-corrected chi connectivity index (χ1v) is 8.74. The smallest absolute Gasteiger partial charge is 0.287 e. The summed E-state index contributed by atoms with van der Waals surface area (Å²) in [5, 5.41) is 2.82. The number of ether oxygens (including phenoxy) is 4. The molecule has 0 saturated carbocycles. The van der Waals surface area contributed by atoms with Crippen LogP contribution in [0.25, 0.3) is 0 Å². The zero-order chi connectivity index (χ0) is 19.3. The maximum absolute atomic E-state index is 12.3. The lowest BCUT2D eigenvalue weighted by Gasteiger charge is -2.08. The van der Waals surface area contributed by atoms with Gasteiger partial charge in [0.1, 0.15) is 23.9 Å². The van der Waals surface area contributed by atoms with Crippen LogP contribution in [-0.4, -0.2) is 19.8 Å². The van der Waals surface area contributed by atoms with Crippen molar-refractivity contribution in [1.29, 1.82) is 0 Å². The van der Waals surface area contributed by atoms with E-state index in [0.29, 0.717) is 29.6 Å². The molecular weight excluding hydrogens is 362 g/mol. The van der Waals surface area contributed by atoms with Gasteiger partial charge in [-0.2, -0.15) is 0 Å². The number of carbonyl (C=O) groups is 1. The summed E-state index contributed by atoms with van der Waals surface area (Å²) < 4.78 is 27.1. The van der Waals surface area contributed by atoms with E-state index in [1.165, 1.54) is 0 Å². The van der Waals surface area contributed by atoms with Crippen molar-refractivity contribution in [3.8, 4) is 23.0 Å². The Bertz CT molecular complexity index is 981. The van der Waals surface area contributed by atoms with Gasteiger partial charge in [-0.05, 0) is 30.3 Å². The molecule has 0 radical (unpaired) electrons. The van der Waals surface area contributed by atoms with Crippen LogP contribution in [0.5, 0.6) is 23.0 Å². The zero-order valence-corrected chi connectivity index (χ0v) is 15.3. The number of fused-ring (bicyclic) bond motifs is 1. The molecule has 2 heterocycles. The third kappa shape index (κ3) is 3.88. The monoisotopic (exact) mass is 381 g/mol. The number of rotatable bonds is 7. The van der Waals surface area contributed by atoms with Gasteiger partial charge in [-0.15, -0.1) is 0 Å². The number of para-hydroxylation sites is 1. The Hall–Kier alpha value is -3.61. The SMILES string of the molecule is COc1ccccc1CNC(=O)c1ccc(COc2ccc3c(c2)OCO3)o1. The number of amides is 1. The molecule has 7 heteroatoms. The number of hydrogen-bond acceptors (Lipinski definition) is 6. The first-order valence-electron chi connectivity index (χ1n) is 8.74. The maximum Gasteiger partial charge on any atom is 0.287 e. The first kappa shape index (κ1) is 17.8. The van der Waals surface area contributed by atoms with Crippen molar-refractivity contribution in [1.82, 2.24) is 5.32 Å². The summed E-state index contributed by atoms with van der Waals surface area (Å²) in [5.41, 5.74) is 0.885. The Kier molecular flexibility index (Phi) is 5.05. The van der Waals surface area contributed by atoms with Gasteiger partial charge in [-0.1, -0.05) is 18.2 Å². The van der Waals surface area contributed by atoms with Gasteiger partial charge in [0.05, 0.1) is 7.11 Å². The molecule has 0 unspecified atom stereocenters. The van der Waals surface area contributed by atoms with Crippen LogP contribution in [0.4, 0.5) is 0 Å². The third-order valence-electron chi connectivity index (χ3n) is 4.24. The van der Waals surface area contributed by atoms with E-state index in [9.17, 15) is 4.79 Å². The molecule has 0 fully saturated rings. The van der Waals surface area contributed by atoms with Crippen molar-refractivity contribution >= 4 is 5.91 Å². The van der Waals surface area contributed by atoms with Gasteiger partial charge in [0.25, 0.3) is 5.91 Å². The Morgan fingerprint density at radius 2 is 1.93 bits per heavy atom. The van der Waals surface area contributed by atoms with Gasteiger partial charge in [-0.3, -0.25) is 4.79 Å². The maximum atomic E-state index is 12.3. The molecule has 4 rings (SSSR count). The van der Waals surface area contributed by atoms with Crippen LogP contribution in [0, 0.1) is 0 Å². The molecule has 1 aliphatic rings. The lowest BCUT2D eigenvalue weighted by atomic mass is 10.2. The van der Waals surface area contributed by atoms with Crippen LogP contribution < -0.4 is 24.3 Å². The molecule has 28 heavy (non-hydrogen) atoms. The summed E-state index contributed by atoms with van der Waals surface area (Å²) in [7, 11) is 1.60. The standard InChI is InChI=1S/C21H19NO6/c1-24-17-5-3-2-4-14(17)11-22-21(23)19-9-7-16(28-19)12-25-15-6-8-18-20(10-15)27-13-26-18/h2-10H,11-13H2,1H3,(H,22,23). The number of methoxy groups -OCH3 is 1. The van der Waals surface area contributed by atoms with Gasteiger partial charge >= 0.3 is 0 Å². The number of benzene rings is 2. The van der Waals surface area contributed by atoms with Gasteiger partial charge < -0.3 is 28.7 Å². The van der Waals surface area contributed by atoms with E-state index < -0.39 is 0 Å². The number of carbonyl (C=O) groups excluding carboxylic acids is 1. The van der Waals surface area contributed by atoms with Crippen LogP contribution in [0.1, 0.15) is 21.9 Å². The van der Waals surface area contributed by atoms with Gasteiger partial charge in [0.2, 0.25) is 6.79 Å². The largest absolute Gasteiger partial charge is 0.496 e. The molecule has 144 valence electrons. The number of furan rings is 1. The fraction of sp³-hybridized carbons (Fsp3) is 0.190. The minimum absolute atomic E-state index is 0.194. The van der Waals surface area contributed by atoms with Crippen LogP contribution in [0.2, 0.25) is 0 Å². The van der Waals surface area contributed by atoms with Crippen molar-refractivity contribution in [3.05, 3.63) is 71.7 Å². The Morgan fingerprint density at radius 1 is 1.07 bits per heavy atom. The highest BCUT2D eigenvalue weighted by Crippen LogP contribution is 2.35. The van der Waals surface area contributed by atoms with E-state index in [2.05, 4.69) is 5.32 Å². The second-order valence-corrected chi connectivity index (χ2v) is 6.06. The summed E-state index contributed by atoms with van der Waals surface area (Å²) in [6, 6.07) is 16.2. The molecule has 2 aromatic carbocycles. The molecule has 0 bridgehead atoms. The summed E-state index contributed by atoms with van der Waals surface area (Å²) in [4.78, 5) is 12.3. The van der Waals surface area contributed by atoms with Crippen LogP contribution in [-0.2, 0) is 13.2 Å². The van der Waals surface area contributed by atoms with Crippen molar-refractivity contribution in [2.45, 2.75) is 13.2 Å². The highest BCUT2D eigenvalue weighted by molar-refractivity contribution is 5.91. The Labute approximate surface area is 161 Å². The summed E-state index contributed by atoms with van der Waals surface area (Å²) >= 11 is 0. The predicted octanol–water partition coefficient (Wildman–Crippen LogP) is 3.53. The normalized spacial score (nSPS) is 11.9. The molecule has 0 aliphatic carbocycles. The third-order valence-corrected chi connectivity index (χ3v) is 4.24. The lowest BCUT2D eigenvalue weighted by molar-refractivity contribution is 0.0919. The zero-order valence-electron chi connectivity index (χ0n) is 15.3. The molecule has 1 amide bonds. The second-order valence-electron chi connectivity index (χ2n) is 6.06. The van der Waals surface area contributed by atoms with E-state index >= 15 is 0 Å². The van der Waals surface area contributed by atoms with E-state index in [-0.39, 0.29) is 25.1 Å². The summed E-state index contributed by atoms with van der Waals surface area (Å²) in [6.45, 7) is 0.746. The molecule has 0 saturated heterocycles. The van der Waals surface area contributed by atoms with Crippen molar-refractivity contribution in [2.24, 2.45) is 0 Å². The fourth-order valence-corrected chi connectivity index (χ4v) is 2.81. The quantitative estimate of drug-likeness (QED) is 0.675. The average molecular weight is 381 g/mol. The van der Waals surface area contributed by atoms with Crippen LogP contribution in [0.15, 0.2) is 59.0 Å². The predicted molar refractivity (Wildman–Crippen MR) is 99.8 cm³/mol. The van der Waals surface area contributed by atoms with E-state index in [1.54, 1.807) is 37.4 Å². The molecule has 0 spiro atoms. The second kappa shape index (κ2) is 7.96. The molecule has 7 nitrogen and oxygen atoms in total. The van der Waals surface area contributed by atoms with Crippen molar-refractivity contribution < 1.29 is 28.2 Å². The molecule has 0 atom stereocenters. The number of hydrogen-bond donors (Lipinski definition) is 1. The molecule has 1 aromatic heterocycles. The van der Waals surface area contributed by atoms with E-state index in [1.807, 2.05) is 24.3 Å². The van der Waals surface area contributed by atoms with Gasteiger partial charge in [-0.25, -0.2) is 0 Å². The van der Waals surface area contributed by atoms with Crippen LogP contribution in [0.3, 0.4) is 0 Å². The highest BCUT2D eigenvalue weighted by Gasteiger charge is 2.15. The Morgan fingerprint density at radius 3 is 2.82 bits per heavy atom. The minimum Gasteiger partial charge on any atom is -0.496 e. The van der Waals surface area contributed by atoms with Crippen molar-refractivity contribution in [2.75, 3.05) is 13.9 Å². The van der Waals surface area contributed by atoms with Gasteiger partial charge in [0, 0.05) is 18.2 Å². The highest BCUT2D eigenvalue weighted by atomic mass is 16.7.